The minimum Gasteiger partial charge on any atom is -0.330 e. The molecular formula is C13H29N3. The first-order valence-electron chi connectivity index (χ1n) is 6.54. The first-order valence-corrected chi connectivity index (χ1v) is 6.54. The molecule has 1 fully saturated rings. The fourth-order valence-electron chi connectivity index (χ4n) is 2.61. The molecule has 0 amide bonds. The predicted molar refractivity (Wildman–Crippen MR) is 70.5 cm³/mol. The van der Waals surface area contributed by atoms with Crippen LogP contribution < -0.4 is 11.1 Å². The van der Waals surface area contributed by atoms with E-state index in [-0.39, 0.29) is 5.41 Å². The van der Waals surface area contributed by atoms with Crippen LogP contribution in [-0.2, 0) is 0 Å². The summed E-state index contributed by atoms with van der Waals surface area (Å²) in [6.45, 7) is 7.80. The van der Waals surface area contributed by atoms with E-state index in [0.29, 0.717) is 6.04 Å². The molecule has 0 saturated carbocycles. The van der Waals surface area contributed by atoms with Crippen molar-refractivity contribution in [1.29, 1.82) is 0 Å². The molecule has 0 bridgehead atoms. The molecule has 1 aliphatic heterocycles. The highest BCUT2D eigenvalue weighted by atomic mass is 15.1. The van der Waals surface area contributed by atoms with Gasteiger partial charge in [-0.2, -0.15) is 0 Å². The smallest absolute Gasteiger partial charge is 0.00988 e. The van der Waals surface area contributed by atoms with Crippen LogP contribution in [0.25, 0.3) is 0 Å². The second-order valence-corrected chi connectivity index (χ2v) is 6.11. The number of hydrogen-bond donors (Lipinski definition) is 2. The molecule has 1 atom stereocenters. The second-order valence-electron chi connectivity index (χ2n) is 6.11. The van der Waals surface area contributed by atoms with Crippen LogP contribution in [0.15, 0.2) is 0 Å². The van der Waals surface area contributed by atoms with E-state index in [2.05, 4.69) is 38.2 Å². The van der Waals surface area contributed by atoms with E-state index in [1.807, 2.05) is 0 Å². The quantitative estimate of drug-likeness (QED) is 0.744. The monoisotopic (exact) mass is 227 g/mol. The van der Waals surface area contributed by atoms with Gasteiger partial charge in [0.05, 0.1) is 0 Å². The Morgan fingerprint density at radius 1 is 1.38 bits per heavy atom. The molecule has 16 heavy (non-hydrogen) atoms. The van der Waals surface area contributed by atoms with Crippen LogP contribution in [0.2, 0.25) is 0 Å². The highest BCUT2D eigenvalue weighted by Gasteiger charge is 2.29. The van der Waals surface area contributed by atoms with Gasteiger partial charge in [-0.15, -0.1) is 0 Å². The van der Waals surface area contributed by atoms with Crippen molar-refractivity contribution in [3.63, 3.8) is 0 Å². The number of nitrogens with one attached hydrogen (secondary N) is 1. The molecule has 1 saturated heterocycles. The molecule has 0 radical (unpaired) electrons. The van der Waals surface area contributed by atoms with Crippen molar-refractivity contribution in [2.75, 3.05) is 33.7 Å². The minimum absolute atomic E-state index is 0.261. The Labute approximate surface area is 101 Å². The maximum atomic E-state index is 5.82. The zero-order valence-corrected chi connectivity index (χ0v) is 11.4. The summed E-state index contributed by atoms with van der Waals surface area (Å²) >= 11 is 0. The van der Waals surface area contributed by atoms with Gasteiger partial charge in [0, 0.05) is 6.04 Å². The first kappa shape index (κ1) is 13.9. The van der Waals surface area contributed by atoms with E-state index in [1.54, 1.807) is 0 Å². The molecule has 96 valence electrons. The maximum Gasteiger partial charge on any atom is 0.00988 e. The molecule has 0 aromatic carbocycles. The van der Waals surface area contributed by atoms with Gasteiger partial charge in [-0.25, -0.2) is 0 Å². The van der Waals surface area contributed by atoms with Gasteiger partial charge >= 0.3 is 0 Å². The normalized spacial score (nSPS) is 22.3. The molecule has 3 heteroatoms. The maximum absolute atomic E-state index is 5.82. The number of piperidine rings is 1. The summed E-state index contributed by atoms with van der Waals surface area (Å²) in [7, 11) is 4.31. The molecule has 0 spiro atoms. The van der Waals surface area contributed by atoms with Gasteiger partial charge in [-0.1, -0.05) is 13.8 Å². The summed E-state index contributed by atoms with van der Waals surface area (Å²) in [5.74, 6) is 0.826. The lowest BCUT2D eigenvalue weighted by Crippen LogP contribution is -2.44. The van der Waals surface area contributed by atoms with E-state index in [9.17, 15) is 0 Å². The van der Waals surface area contributed by atoms with Gasteiger partial charge in [0.25, 0.3) is 0 Å². The Morgan fingerprint density at radius 3 is 2.38 bits per heavy atom. The van der Waals surface area contributed by atoms with Gasteiger partial charge in [-0.05, 0) is 64.3 Å². The van der Waals surface area contributed by atoms with Crippen LogP contribution in [0, 0.1) is 11.3 Å². The van der Waals surface area contributed by atoms with Crippen molar-refractivity contribution >= 4 is 0 Å². The van der Waals surface area contributed by atoms with Crippen LogP contribution in [0.3, 0.4) is 0 Å². The Kier molecular flexibility index (Phi) is 5.22. The lowest BCUT2D eigenvalue weighted by Gasteiger charge is -2.37. The van der Waals surface area contributed by atoms with Gasteiger partial charge < -0.3 is 16.0 Å². The van der Waals surface area contributed by atoms with Gasteiger partial charge in [-0.3, -0.25) is 0 Å². The average molecular weight is 227 g/mol. The van der Waals surface area contributed by atoms with Crippen molar-refractivity contribution in [3.05, 3.63) is 0 Å². The molecule has 0 aliphatic carbocycles. The van der Waals surface area contributed by atoms with Crippen molar-refractivity contribution in [2.24, 2.45) is 17.1 Å². The fourth-order valence-corrected chi connectivity index (χ4v) is 2.61. The lowest BCUT2D eigenvalue weighted by molar-refractivity contribution is 0.159. The van der Waals surface area contributed by atoms with Gasteiger partial charge in [0.15, 0.2) is 0 Å². The average Bonchev–Trinajstić information content (AvgIpc) is 2.27. The number of nitrogens with two attached hydrogens (primary N) is 1. The third-order valence-corrected chi connectivity index (χ3v) is 4.03. The lowest BCUT2D eigenvalue weighted by atomic mass is 9.78. The SMILES string of the molecule is CNC(CC(C)(C)CN)C1CCN(C)CC1. The molecule has 1 unspecified atom stereocenters. The topological polar surface area (TPSA) is 41.3 Å². The third-order valence-electron chi connectivity index (χ3n) is 4.03. The van der Waals surface area contributed by atoms with Crippen molar-refractivity contribution < 1.29 is 0 Å². The van der Waals surface area contributed by atoms with E-state index in [1.165, 1.54) is 32.4 Å². The summed E-state index contributed by atoms with van der Waals surface area (Å²) in [4.78, 5) is 2.43. The summed E-state index contributed by atoms with van der Waals surface area (Å²) in [5, 5.41) is 3.50. The standard InChI is InChI=1S/C13H29N3/c1-13(2,10-14)9-12(15-3)11-5-7-16(4)8-6-11/h11-12,15H,5-10,14H2,1-4H3. The number of hydrogen-bond acceptors (Lipinski definition) is 3. The summed E-state index contributed by atoms with van der Waals surface area (Å²) in [6.07, 6.45) is 3.83. The summed E-state index contributed by atoms with van der Waals surface area (Å²) in [5.41, 5.74) is 6.09. The molecule has 1 rings (SSSR count). The predicted octanol–water partition coefficient (Wildman–Crippen LogP) is 1.29. The second kappa shape index (κ2) is 5.99. The first-order chi connectivity index (χ1) is 7.48. The van der Waals surface area contributed by atoms with Crippen molar-refractivity contribution in [1.82, 2.24) is 10.2 Å². The molecule has 1 aliphatic rings. The molecule has 3 nitrogen and oxygen atoms in total. The van der Waals surface area contributed by atoms with Crippen molar-refractivity contribution in [3.8, 4) is 0 Å². The zero-order valence-electron chi connectivity index (χ0n) is 11.4. The molecule has 1 heterocycles. The fraction of sp³-hybridized carbons (Fsp3) is 1.00. The van der Waals surface area contributed by atoms with Gasteiger partial charge in [0.2, 0.25) is 0 Å². The Bertz CT molecular complexity index is 195. The number of nitrogens with zero attached hydrogens (tertiary/aromatic N) is 1. The number of likely N-dealkylation sites (tertiary alicyclic amines) is 1. The van der Waals surface area contributed by atoms with E-state index < -0.39 is 0 Å². The van der Waals surface area contributed by atoms with E-state index in [4.69, 9.17) is 5.73 Å². The van der Waals surface area contributed by atoms with Crippen LogP contribution in [0.4, 0.5) is 0 Å². The van der Waals surface area contributed by atoms with Gasteiger partial charge in [0.1, 0.15) is 0 Å². The largest absolute Gasteiger partial charge is 0.330 e. The minimum atomic E-state index is 0.261. The Hall–Kier alpha value is -0.120. The van der Waals surface area contributed by atoms with Crippen molar-refractivity contribution in [2.45, 2.75) is 39.2 Å². The highest BCUT2D eigenvalue weighted by Crippen LogP contribution is 2.28. The van der Waals surface area contributed by atoms with E-state index >= 15 is 0 Å². The Balaban J connectivity index is 2.47. The molecular weight excluding hydrogens is 198 g/mol. The van der Waals surface area contributed by atoms with E-state index in [0.717, 1.165) is 12.5 Å². The van der Waals surface area contributed by atoms with Crippen LogP contribution in [-0.4, -0.2) is 44.7 Å². The highest BCUT2D eigenvalue weighted by molar-refractivity contribution is 4.85. The molecule has 0 aromatic heterocycles. The van der Waals surface area contributed by atoms with Crippen LogP contribution in [0.1, 0.15) is 33.1 Å². The van der Waals surface area contributed by atoms with Crippen LogP contribution in [0.5, 0.6) is 0 Å². The zero-order chi connectivity index (χ0) is 12.2. The third kappa shape index (κ3) is 4.04. The summed E-state index contributed by atoms with van der Waals surface area (Å²) in [6, 6.07) is 0.632. The molecule has 0 aromatic rings. The Morgan fingerprint density at radius 2 is 1.94 bits per heavy atom. The number of rotatable bonds is 5. The molecule has 3 N–H and O–H groups in total. The summed E-state index contributed by atoms with van der Waals surface area (Å²) < 4.78 is 0. The van der Waals surface area contributed by atoms with Crippen LogP contribution >= 0.6 is 0 Å².